The summed E-state index contributed by atoms with van der Waals surface area (Å²) < 4.78 is 14.6. The second-order valence-corrected chi connectivity index (χ2v) is 9.54. The SMILES string of the molecule is CNC(=O)[C@H]1CN(c2cnc3ccc(-c4c[nH]nc4-c4cc(Cl)ccc4F)nc3c2)CCN1C(C)C. The lowest BCUT2D eigenvalue weighted by Crippen LogP contribution is -2.60. The first-order valence-electron chi connectivity index (χ1n) is 11.8. The van der Waals surface area contributed by atoms with Gasteiger partial charge in [0.2, 0.25) is 5.91 Å². The maximum Gasteiger partial charge on any atom is 0.238 e. The number of nitrogens with zero attached hydrogens (tertiary/aromatic N) is 5. The number of nitrogens with one attached hydrogen (secondary N) is 2. The predicted octanol–water partition coefficient (Wildman–Crippen LogP) is 4.12. The number of carbonyl (C=O) groups is 1. The number of piperazine rings is 1. The minimum atomic E-state index is -0.413. The Balaban J connectivity index is 1.49. The van der Waals surface area contributed by atoms with Gasteiger partial charge in [-0.05, 0) is 50.2 Å². The molecule has 10 heteroatoms. The first-order chi connectivity index (χ1) is 17.4. The lowest BCUT2D eigenvalue weighted by molar-refractivity contribution is -0.126. The molecule has 4 heterocycles. The zero-order valence-electron chi connectivity index (χ0n) is 20.3. The van der Waals surface area contributed by atoms with Crippen LogP contribution in [0.1, 0.15) is 13.8 Å². The number of amides is 1. The van der Waals surface area contributed by atoms with E-state index in [-0.39, 0.29) is 18.0 Å². The van der Waals surface area contributed by atoms with Gasteiger partial charge in [0.15, 0.2) is 0 Å². The Kier molecular flexibility index (Phi) is 6.59. The van der Waals surface area contributed by atoms with Crippen LogP contribution in [0, 0.1) is 5.82 Å². The first-order valence-corrected chi connectivity index (χ1v) is 12.2. The monoisotopic (exact) mass is 507 g/mol. The molecule has 0 unspecified atom stereocenters. The molecule has 5 rings (SSSR count). The van der Waals surface area contributed by atoms with Gasteiger partial charge in [0.1, 0.15) is 17.6 Å². The Morgan fingerprint density at radius 1 is 1.17 bits per heavy atom. The van der Waals surface area contributed by atoms with Gasteiger partial charge < -0.3 is 10.2 Å². The van der Waals surface area contributed by atoms with Crippen molar-refractivity contribution in [3.8, 4) is 22.5 Å². The summed E-state index contributed by atoms with van der Waals surface area (Å²) in [7, 11) is 1.67. The van der Waals surface area contributed by atoms with Crippen LogP contribution in [0.3, 0.4) is 0 Å². The van der Waals surface area contributed by atoms with E-state index in [9.17, 15) is 9.18 Å². The summed E-state index contributed by atoms with van der Waals surface area (Å²) in [4.78, 5) is 26.4. The van der Waals surface area contributed by atoms with Crippen LogP contribution >= 0.6 is 11.6 Å². The predicted molar refractivity (Wildman–Crippen MR) is 139 cm³/mol. The molecule has 8 nitrogen and oxygen atoms in total. The highest BCUT2D eigenvalue weighted by molar-refractivity contribution is 6.30. The van der Waals surface area contributed by atoms with Crippen molar-refractivity contribution in [2.24, 2.45) is 0 Å². The molecule has 0 saturated carbocycles. The van der Waals surface area contributed by atoms with Crippen LogP contribution in [0.5, 0.6) is 0 Å². The van der Waals surface area contributed by atoms with Crippen LogP contribution in [0.15, 0.2) is 48.8 Å². The number of anilines is 1. The largest absolute Gasteiger partial charge is 0.367 e. The quantitative estimate of drug-likeness (QED) is 0.422. The molecular weight excluding hydrogens is 481 g/mol. The molecule has 0 bridgehead atoms. The van der Waals surface area contributed by atoms with Crippen LogP contribution < -0.4 is 10.2 Å². The lowest BCUT2D eigenvalue weighted by atomic mass is 10.0. The maximum atomic E-state index is 14.6. The molecule has 1 fully saturated rings. The zero-order valence-corrected chi connectivity index (χ0v) is 21.1. The molecule has 186 valence electrons. The highest BCUT2D eigenvalue weighted by atomic mass is 35.5. The van der Waals surface area contributed by atoms with Gasteiger partial charge in [-0.25, -0.2) is 9.37 Å². The molecule has 0 aliphatic carbocycles. The third kappa shape index (κ3) is 4.52. The Bertz CT molecular complexity index is 1420. The van der Waals surface area contributed by atoms with Crippen molar-refractivity contribution in [1.29, 1.82) is 0 Å². The van der Waals surface area contributed by atoms with E-state index >= 15 is 0 Å². The van der Waals surface area contributed by atoms with E-state index < -0.39 is 5.82 Å². The number of hydrogen-bond acceptors (Lipinski definition) is 6. The Labute approximate surface area is 213 Å². The Morgan fingerprint density at radius 3 is 2.78 bits per heavy atom. The Hall–Kier alpha value is -3.56. The fourth-order valence-corrected chi connectivity index (χ4v) is 4.91. The van der Waals surface area contributed by atoms with E-state index in [1.54, 1.807) is 19.3 Å². The molecule has 1 saturated heterocycles. The smallest absolute Gasteiger partial charge is 0.238 e. The molecule has 0 radical (unpaired) electrons. The van der Waals surface area contributed by atoms with E-state index in [1.165, 1.54) is 12.1 Å². The highest BCUT2D eigenvalue weighted by Gasteiger charge is 2.33. The van der Waals surface area contributed by atoms with E-state index in [2.05, 4.69) is 44.1 Å². The molecule has 1 atom stereocenters. The standard InChI is InChI=1S/C26H27ClFN7O/c1-15(2)35-9-8-34(14-24(35)26(36)29-3)17-11-23-22(30-12-17)7-6-21(32-23)19-13-31-33-25(19)18-10-16(27)4-5-20(18)28/h4-7,10-13,15,24H,8-9,14H2,1-3H3,(H,29,36)(H,31,33)/t24-/m1/s1. The molecule has 1 aliphatic rings. The maximum absolute atomic E-state index is 14.6. The number of fused-ring (bicyclic) bond motifs is 1. The highest BCUT2D eigenvalue weighted by Crippen LogP contribution is 2.33. The second-order valence-electron chi connectivity index (χ2n) is 9.11. The van der Waals surface area contributed by atoms with Gasteiger partial charge in [-0.1, -0.05) is 11.6 Å². The molecule has 1 aromatic carbocycles. The van der Waals surface area contributed by atoms with E-state index in [4.69, 9.17) is 16.6 Å². The number of H-pyrrole nitrogens is 1. The van der Waals surface area contributed by atoms with Crippen LogP contribution in [0.25, 0.3) is 33.5 Å². The number of aromatic nitrogens is 4. The van der Waals surface area contributed by atoms with Gasteiger partial charge >= 0.3 is 0 Å². The lowest BCUT2D eigenvalue weighted by Gasteiger charge is -2.43. The summed E-state index contributed by atoms with van der Waals surface area (Å²) in [6.45, 7) is 6.32. The molecule has 1 amide bonds. The number of benzene rings is 1. The third-order valence-electron chi connectivity index (χ3n) is 6.62. The number of pyridine rings is 2. The summed E-state index contributed by atoms with van der Waals surface area (Å²) in [5.74, 6) is -0.410. The number of hydrogen-bond donors (Lipinski definition) is 2. The third-order valence-corrected chi connectivity index (χ3v) is 6.86. The molecule has 3 aromatic heterocycles. The normalized spacial score (nSPS) is 16.6. The molecule has 0 spiro atoms. The van der Waals surface area contributed by atoms with Crippen molar-refractivity contribution in [2.75, 3.05) is 31.6 Å². The fraction of sp³-hybridized carbons (Fsp3) is 0.308. The number of rotatable bonds is 5. The van der Waals surface area contributed by atoms with E-state index in [1.807, 2.05) is 24.4 Å². The van der Waals surface area contributed by atoms with Crippen molar-refractivity contribution in [1.82, 2.24) is 30.4 Å². The minimum absolute atomic E-state index is 0.00305. The van der Waals surface area contributed by atoms with Crippen molar-refractivity contribution in [2.45, 2.75) is 25.9 Å². The summed E-state index contributed by atoms with van der Waals surface area (Å²) in [5, 5.41) is 10.3. The van der Waals surface area contributed by atoms with Gasteiger partial charge in [-0.3, -0.25) is 19.8 Å². The van der Waals surface area contributed by atoms with Gasteiger partial charge in [0, 0.05) is 55.1 Å². The van der Waals surface area contributed by atoms with Gasteiger partial charge in [-0.2, -0.15) is 5.10 Å². The van der Waals surface area contributed by atoms with Crippen LogP contribution in [0.4, 0.5) is 10.1 Å². The number of likely N-dealkylation sites (N-methyl/N-ethyl adjacent to an activating group) is 1. The van der Waals surface area contributed by atoms with Gasteiger partial charge in [-0.15, -0.1) is 0 Å². The molecule has 36 heavy (non-hydrogen) atoms. The van der Waals surface area contributed by atoms with Crippen LogP contribution in [0.2, 0.25) is 5.02 Å². The zero-order chi connectivity index (χ0) is 25.4. The summed E-state index contributed by atoms with van der Waals surface area (Å²) >= 11 is 6.11. The van der Waals surface area contributed by atoms with E-state index in [0.29, 0.717) is 39.6 Å². The van der Waals surface area contributed by atoms with Crippen molar-refractivity contribution in [3.63, 3.8) is 0 Å². The Morgan fingerprint density at radius 2 is 2.00 bits per heavy atom. The van der Waals surface area contributed by atoms with Crippen molar-refractivity contribution < 1.29 is 9.18 Å². The van der Waals surface area contributed by atoms with Crippen LogP contribution in [-0.2, 0) is 4.79 Å². The van der Waals surface area contributed by atoms with E-state index in [0.717, 1.165) is 24.3 Å². The van der Waals surface area contributed by atoms with Crippen molar-refractivity contribution in [3.05, 3.63) is 59.6 Å². The fourth-order valence-electron chi connectivity index (χ4n) is 4.74. The average Bonchev–Trinajstić information content (AvgIpc) is 3.38. The first kappa shape index (κ1) is 24.1. The number of aromatic amines is 1. The summed E-state index contributed by atoms with van der Waals surface area (Å²) in [6.07, 6.45) is 3.51. The number of halogens is 2. The number of carbonyl (C=O) groups excluding carboxylic acids is 1. The summed E-state index contributed by atoms with van der Waals surface area (Å²) in [5.41, 5.74) is 4.38. The van der Waals surface area contributed by atoms with Crippen LogP contribution in [-0.4, -0.2) is 69.7 Å². The molecule has 1 aliphatic heterocycles. The second kappa shape index (κ2) is 9.83. The topological polar surface area (TPSA) is 90.0 Å². The minimum Gasteiger partial charge on any atom is -0.367 e. The molecule has 2 N–H and O–H groups in total. The molecular formula is C26H27ClFN7O. The average molecular weight is 508 g/mol. The van der Waals surface area contributed by atoms with Gasteiger partial charge in [0.05, 0.1) is 28.6 Å². The van der Waals surface area contributed by atoms with Gasteiger partial charge in [0.25, 0.3) is 0 Å². The summed E-state index contributed by atoms with van der Waals surface area (Å²) in [6, 6.07) is 10.1. The molecule has 4 aromatic rings. The van der Waals surface area contributed by atoms with Crippen molar-refractivity contribution >= 4 is 34.2 Å².